The van der Waals surface area contributed by atoms with Gasteiger partial charge in [0.2, 0.25) is 0 Å². The molecule has 0 aliphatic carbocycles. The number of fused-ring (bicyclic) bond motifs is 1. The van der Waals surface area contributed by atoms with Crippen molar-refractivity contribution < 1.29 is 8.42 Å². The lowest BCUT2D eigenvalue weighted by molar-refractivity contribution is 0.591. The molecule has 0 N–H and O–H groups in total. The number of aliphatic imine (C=N–C) groups is 1. The topological polar surface area (TPSA) is 60.6 Å². The van der Waals surface area contributed by atoms with E-state index in [4.69, 9.17) is 0 Å². The van der Waals surface area contributed by atoms with Crippen molar-refractivity contribution in [3.63, 3.8) is 0 Å². The molecule has 0 fully saturated rings. The molecule has 0 saturated heterocycles. The Labute approximate surface area is 83.9 Å². The zero-order chi connectivity index (χ0) is 9.47. The monoisotopic (exact) mass is 259 g/mol. The van der Waals surface area contributed by atoms with Gasteiger partial charge >= 0.3 is 0 Å². The summed E-state index contributed by atoms with van der Waals surface area (Å²) in [4.78, 5) is 3.98. The summed E-state index contributed by atoms with van der Waals surface area (Å²) in [5.74, 6) is 0. The molecule has 1 heterocycles. The molecule has 1 aromatic rings. The van der Waals surface area contributed by atoms with E-state index >= 15 is 0 Å². The van der Waals surface area contributed by atoms with E-state index in [0.29, 0.717) is 10.2 Å². The highest BCUT2D eigenvalue weighted by molar-refractivity contribution is 9.10. The number of rotatable bonds is 0. The van der Waals surface area contributed by atoms with Gasteiger partial charge in [0.25, 0.3) is 10.0 Å². The Morgan fingerprint density at radius 2 is 2.08 bits per heavy atom. The maximum absolute atomic E-state index is 11.3. The van der Waals surface area contributed by atoms with Crippen LogP contribution in [0.4, 0.5) is 5.69 Å². The Morgan fingerprint density at radius 1 is 1.31 bits per heavy atom. The zero-order valence-electron chi connectivity index (χ0n) is 6.31. The predicted molar refractivity (Wildman–Crippen MR) is 51.6 cm³/mol. The van der Waals surface area contributed by atoms with Crippen molar-refractivity contribution in [3.8, 4) is 0 Å². The number of hydrogen-bond acceptors (Lipinski definition) is 3. The van der Waals surface area contributed by atoms with Crippen molar-refractivity contribution in [3.05, 3.63) is 22.7 Å². The first-order valence-electron chi connectivity index (χ1n) is 3.39. The summed E-state index contributed by atoms with van der Waals surface area (Å²) < 4.78 is 26.7. The summed E-state index contributed by atoms with van der Waals surface area (Å²) in [6.45, 7) is 0. The molecule has 0 amide bonds. The van der Waals surface area contributed by atoms with Gasteiger partial charge in [0.1, 0.15) is 11.2 Å². The number of hydrogen-bond donors (Lipinski definition) is 0. The molecule has 0 unspecified atom stereocenters. The van der Waals surface area contributed by atoms with Crippen LogP contribution in [0.25, 0.3) is 0 Å². The number of sulfonamides is 1. The van der Waals surface area contributed by atoms with E-state index in [1.807, 2.05) is 0 Å². The minimum atomic E-state index is -3.52. The lowest BCUT2D eigenvalue weighted by Crippen LogP contribution is -2.17. The van der Waals surface area contributed by atoms with Gasteiger partial charge in [-0.15, -0.1) is 4.72 Å². The molecule has 1 aliphatic heterocycles. The molecule has 1 aromatic carbocycles. The molecule has 0 spiro atoms. The van der Waals surface area contributed by atoms with Gasteiger partial charge in [-0.2, -0.15) is 8.42 Å². The average molecular weight is 260 g/mol. The van der Waals surface area contributed by atoms with Crippen molar-refractivity contribution in [2.45, 2.75) is 4.90 Å². The second-order valence-electron chi connectivity index (χ2n) is 2.44. The van der Waals surface area contributed by atoms with Crippen LogP contribution in [0.15, 0.2) is 32.6 Å². The highest BCUT2D eigenvalue weighted by Crippen LogP contribution is 2.29. The van der Waals surface area contributed by atoms with Crippen molar-refractivity contribution in [1.29, 1.82) is 0 Å². The first-order chi connectivity index (χ1) is 6.09. The largest absolute Gasteiger partial charge is 0.285 e. The molecule has 0 bridgehead atoms. The lowest BCUT2D eigenvalue weighted by atomic mass is 10.3. The molecule has 1 radical (unpaired) electrons. The molecular weight excluding hydrogens is 256 g/mol. The van der Waals surface area contributed by atoms with E-state index in [1.54, 1.807) is 12.1 Å². The third-order valence-electron chi connectivity index (χ3n) is 1.58. The van der Waals surface area contributed by atoms with E-state index in [0.717, 1.165) is 6.34 Å². The fraction of sp³-hybridized carbons (Fsp3) is 0. The quantitative estimate of drug-likeness (QED) is 0.708. The van der Waals surface area contributed by atoms with Crippen LogP contribution in [0.3, 0.4) is 0 Å². The van der Waals surface area contributed by atoms with Gasteiger partial charge in [0, 0.05) is 4.47 Å². The third kappa shape index (κ3) is 1.47. The lowest BCUT2D eigenvalue weighted by Gasteiger charge is -2.09. The second kappa shape index (κ2) is 2.81. The molecule has 0 saturated carbocycles. The smallest absolute Gasteiger partial charge is 0.235 e. The number of benzene rings is 1. The van der Waals surface area contributed by atoms with Crippen LogP contribution >= 0.6 is 15.9 Å². The first kappa shape index (κ1) is 8.71. The van der Waals surface area contributed by atoms with E-state index in [9.17, 15) is 8.42 Å². The highest BCUT2D eigenvalue weighted by atomic mass is 79.9. The Morgan fingerprint density at radius 3 is 2.85 bits per heavy atom. The van der Waals surface area contributed by atoms with Crippen molar-refractivity contribution >= 4 is 38.0 Å². The van der Waals surface area contributed by atoms with Gasteiger partial charge in [0.05, 0.1) is 5.69 Å². The molecule has 1 aliphatic rings. The SMILES string of the molecule is O=S1(=O)[N]C=Nc2ccc(Br)cc21. The van der Waals surface area contributed by atoms with Gasteiger partial charge in [-0.25, -0.2) is 4.99 Å². The van der Waals surface area contributed by atoms with E-state index in [2.05, 4.69) is 25.6 Å². The normalized spacial score (nSPS) is 17.6. The summed E-state index contributed by atoms with van der Waals surface area (Å²) in [5, 5.41) is 0. The van der Waals surface area contributed by atoms with Crippen LogP contribution in [-0.2, 0) is 10.0 Å². The fourth-order valence-electron chi connectivity index (χ4n) is 1.01. The molecule has 67 valence electrons. The first-order valence-corrected chi connectivity index (χ1v) is 5.62. The predicted octanol–water partition coefficient (Wildman–Crippen LogP) is 1.42. The summed E-state index contributed by atoms with van der Waals surface area (Å²) in [6, 6.07) is 4.85. The van der Waals surface area contributed by atoms with Crippen molar-refractivity contribution in [2.24, 2.45) is 4.99 Å². The summed E-state index contributed by atoms with van der Waals surface area (Å²) in [7, 11) is -3.52. The van der Waals surface area contributed by atoms with Crippen LogP contribution in [0.5, 0.6) is 0 Å². The van der Waals surface area contributed by atoms with E-state index in [-0.39, 0.29) is 4.90 Å². The summed E-state index contributed by atoms with van der Waals surface area (Å²) in [6.07, 6.45) is 1.05. The van der Waals surface area contributed by atoms with E-state index in [1.165, 1.54) is 6.07 Å². The Bertz CT molecular complexity index is 481. The highest BCUT2D eigenvalue weighted by Gasteiger charge is 2.22. The van der Waals surface area contributed by atoms with Gasteiger partial charge in [-0.05, 0) is 18.2 Å². The maximum Gasteiger partial charge on any atom is 0.285 e. The van der Waals surface area contributed by atoms with Gasteiger partial charge < -0.3 is 0 Å². The maximum atomic E-state index is 11.3. The third-order valence-corrected chi connectivity index (χ3v) is 3.33. The number of halogens is 1. The summed E-state index contributed by atoms with van der Waals surface area (Å²) in [5.41, 5.74) is 0.429. The van der Waals surface area contributed by atoms with Crippen LogP contribution < -0.4 is 4.72 Å². The molecular formula is C7H4BrN2O2S. The van der Waals surface area contributed by atoms with Crippen LogP contribution in [0.1, 0.15) is 0 Å². The van der Waals surface area contributed by atoms with Crippen LogP contribution in [0.2, 0.25) is 0 Å². The van der Waals surface area contributed by atoms with Gasteiger partial charge in [-0.1, -0.05) is 15.9 Å². The van der Waals surface area contributed by atoms with E-state index < -0.39 is 10.0 Å². The Balaban J connectivity index is 2.77. The molecule has 0 atom stereocenters. The zero-order valence-corrected chi connectivity index (χ0v) is 8.71. The van der Waals surface area contributed by atoms with Crippen LogP contribution in [-0.4, -0.2) is 14.8 Å². The summed E-state index contributed by atoms with van der Waals surface area (Å²) >= 11 is 3.18. The van der Waals surface area contributed by atoms with Crippen LogP contribution in [0, 0.1) is 0 Å². The second-order valence-corrected chi connectivity index (χ2v) is 4.95. The molecule has 4 nitrogen and oxygen atoms in total. The average Bonchev–Trinajstić information content (AvgIpc) is 2.06. The minimum absolute atomic E-state index is 0.143. The fourth-order valence-corrected chi connectivity index (χ4v) is 2.46. The molecule has 13 heavy (non-hydrogen) atoms. The van der Waals surface area contributed by atoms with Crippen molar-refractivity contribution in [2.75, 3.05) is 0 Å². The standard InChI is InChI=1S/C7H4BrN2O2S/c8-5-1-2-6-7(3-5)13(11,12)10-4-9-6/h1-4H. The molecule has 2 rings (SSSR count). The van der Waals surface area contributed by atoms with Crippen molar-refractivity contribution in [1.82, 2.24) is 4.72 Å². The molecule has 6 heteroatoms. The number of nitrogens with zero attached hydrogens (tertiary/aromatic N) is 2. The Hall–Kier alpha value is -0.880. The molecule has 0 aromatic heterocycles. The van der Waals surface area contributed by atoms with Gasteiger partial charge in [0.15, 0.2) is 0 Å². The van der Waals surface area contributed by atoms with Gasteiger partial charge in [-0.3, -0.25) is 0 Å². The minimum Gasteiger partial charge on any atom is -0.235 e. The Kier molecular flexibility index (Phi) is 1.88.